The van der Waals surface area contributed by atoms with E-state index in [1.807, 2.05) is 0 Å². The first-order valence-electron chi connectivity index (χ1n) is 36.8. The Hall–Kier alpha value is -10.9. The fourth-order valence-corrected chi connectivity index (χ4v) is 16.0. The second-order valence-corrected chi connectivity index (χ2v) is 34.2. The Morgan fingerprint density at radius 2 is 0.573 bits per heavy atom. The van der Waals surface area contributed by atoms with Gasteiger partial charge in [0.05, 0.1) is 5.69 Å². The van der Waals surface area contributed by atoms with E-state index >= 15 is 0 Å². The summed E-state index contributed by atoms with van der Waals surface area (Å²) in [6, 6.07) is 102. The van der Waals surface area contributed by atoms with Crippen LogP contribution in [0.3, 0.4) is 0 Å². The third-order valence-corrected chi connectivity index (χ3v) is 22.0. The third-order valence-electron chi connectivity index (χ3n) is 22.0. The molecule has 0 amide bonds. The molecule has 103 heavy (non-hydrogen) atoms. The summed E-state index contributed by atoms with van der Waals surface area (Å²) in [5.74, 6) is 0. The van der Waals surface area contributed by atoms with Gasteiger partial charge in [0, 0.05) is 61.1 Å². The van der Waals surface area contributed by atoms with Crippen LogP contribution >= 0.6 is 0 Å². The Bertz CT molecular complexity index is 5770. The molecule has 0 saturated heterocycles. The van der Waals surface area contributed by atoms with Gasteiger partial charge in [-0.25, -0.2) is 0 Å². The van der Waals surface area contributed by atoms with Crippen molar-refractivity contribution in [1.29, 1.82) is 0 Å². The summed E-state index contributed by atoms with van der Waals surface area (Å²) >= 11 is 0. The predicted molar refractivity (Wildman–Crippen MR) is 441 cm³/mol. The van der Waals surface area contributed by atoms with E-state index in [1.165, 1.54) is 66.5 Å². The van der Waals surface area contributed by atoms with Crippen LogP contribution in [0, 0.1) is 0 Å². The summed E-state index contributed by atoms with van der Waals surface area (Å²) in [5.41, 5.74) is 33.9. The van der Waals surface area contributed by atoms with Crippen LogP contribution in [0.1, 0.15) is 132 Å². The molecule has 0 N–H and O–H groups in total. The van der Waals surface area contributed by atoms with Gasteiger partial charge in [-0.2, -0.15) is 0 Å². The number of hydrogen-bond donors (Lipinski definition) is 0. The summed E-state index contributed by atoms with van der Waals surface area (Å²) in [6.07, 6.45) is 0. The van der Waals surface area contributed by atoms with Crippen LogP contribution in [0.2, 0.25) is 0 Å². The molecular weight excluding hydrogens is 1250 g/mol. The molecule has 5 heteroatoms. The topological polar surface area (TPSA) is 32.8 Å². The average Bonchev–Trinajstić information content (AvgIpc) is 1.12. The minimum absolute atomic E-state index is 0.0442. The number of para-hydroxylation sites is 2. The standard InChI is InChI=1S/C98H89BN2O2/c1-94(2,3)70-46-67(47-71(56-70)95(4,5)6)60-34-40-75(41-35-60)100-84-53-66(68-48-72(96(7,8)9)57-73(49-68)97(10,11)12)37-43-82(84)99-83-42-36-65(63-38-44-90-80(50-63)76-30-22-24-32-88(76)102-90)52-85(83)101(87-55-69(54-86(100)92(87)99)64-39-45-91-81(51-64)77-31-23-25-33-89(77)103-91)93-78(61-26-18-16-19-27-61)58-74(98(13,14)15)59-79(93)62-28-20-17-21-29-62/h16-59H,1-15H3. The van der Waals surface area contributed by atoms with Gasteiger partial charge in [-0.1, -0.05) is 286 Å². The Kier molecular flexibility index (Phi) is 15.2. The van der Waals surface area contributed by atoms with Gasteiger partial charge in [0.1, 0.15) is 22.3 Å². The highest BCUT2D eigenvalue weighted by molar-refractivity contribution is 7.00. The van der Waals surface area contributed by atoms with Crippen molar-refractivity contribution in [3.63, 3.8) is 0 Å². The molecule has 2 aromatic heterocycles. The van der Waals surface area contributed by atoms with Crippen molar-refractivity contribution < 1.29 is 8.83 Å². The molecule has 13 aromatic carbocycles. The lowest BCUT2D eigenvalue weighted by Gasteiger charge is -2.45. The van der Waals surface area contributed by atoms with Crippen molar-refractivity contribution in [3.8, 4) is 66.8 Å². The van der Waals surface area contributed by atoms with Gasteiger partial charge in [0.15, 0.2) is 0 Å². The maximum Gasteiger partial charge on any atom is 0.252 e. The van der Waals surface area contributed by atoms with Crippen molar-refractivity contribution in [2.75, 3.05) is 9.80 Å². The van der Waals surface area contributed by atoms with Crippen molar-refractivity contribution in [2.24, 2.45) is 0 Å². The summed E-state index contributed by atoms with van der Waals surface area (Å²) in [7, 11) is 0. The molecule has 0 spiro atoms. The number of fused-ring (bicyclic) bond motifs is 10. The van der Waals surface area contributed by atoms with Crippen molar-refractivity contribution >= 4 is 101 Å². The van der Waals surface area contributed by atoms with E-state index in [2.05, 4.69) is 381 Å². The maximum atomic E-state index is 6.63. The average molecular weight is 1340 g/mol. The van der Waals surface area contributed by atoms with E-state index in [9.17, 15) is 0 Å². The first-order valence-corrected chi connectivity index (χ1v) is 36.8. The molecule has 4 heterocycles. The molecule has 0 bridgehead atoms. The zero-order valence-corrected chi connectivity index (χ0v) is 62.2. The van der Waals surface area contributed by atoms with Crippen molar-refractivity contribution in [2.45, 2.75) is 131 Å². The lowest BCUT2D eigenvalue weighted by atomic mass is 9.33. The first-order chi connectivity index (χ1) is 49.2. The third kappa shape index (κ3) is 11.5. The SMILES string of the molecule is CC(C)(C)c1cc(-c2ccc(N3c4cc(-c5cc(C(C)(C)C)cc(C(C)(C)C)c5)ccc4B4c5ccc(-c6ccc7oc8ccccc8c7c6)cc5N(c5c(-c6ccccc6)cc(C(C)(C)C)cc5-c5ccccc5)c5cc(-c6ccc7oc8ccccc8c7c6)cc3c54)cc2)cc(C(C)(C)C)c1. The Balaban J connectivity index is 1.01. The van der Waals surface area contributed by atoms with Crippen LogP contribution < -0.4 is 26.2 Å². The Morgan fingerprint density at radius 1 is 0.243 bits per heavy atom. The second-order valence-electron chi connectivity index (χ2n) is 34.2. The minimum Gasteiger partial charge on any atom is -0.456 e. The van der Waals surface area contributed by atoms with Crippen molar-refractivity contribution in [1.82, 2.24) is 0 Å². The first kappa shape index (κ1) is 65.4. The number of furan rings is 2. The maximum absolute atomic E-state index is 6.63. The van der Waals surface area contributed by atoms with Gasteiger partial charge < -0.3 is 18.6 Å². The van der Waals surface area contributed by atoms with Crippen LogP contribution in [-0.4, -0.2) is 6.71 Å². The largest absolute Gasteiger partial charge is 0.456 e. The fourth-order valence-electron chi connectivity index (χ4n) is 16.0. The molecular formula is C98H89BN2O2. The molecule has 4 nitrogen and oxygen atoms in total. The molecule has 0 unspecified atom stereocenters. The van der Waals surface area contributed by atoms with E-state index in [4.69, 9.17) is 8.83 Å². The number of benzene rings is 13. The molecule has 0 fully saturated rings. The summed E-state index contributed by atoms with van der Waals surface area (Å²) in [4.78, 5) is 5.31. The number of anilines is 6. The number of nitrogens with zero attached hydrogens (tertiary/aromatic N) is 2. The van der Waals surface area contributed by atoms with Crippen LogP contribution in [-0.2, 0) is 27.1 Å². The van der Waals surface area contributed by atoms with E-state index in [-0.39, 0.29) is 33.8 Å². The van der Waals surface area contributed by atoms with Crippen molar-refractivity contribution in [3.05, 3.63) is 295 Å². The molecule has 0 radical (unpaired) electrons. The van der Waals surface area contributed by atoms with Crippen LogP contribution in [0.25, 0.3) is 111 Å². The van der Waals surface area contributed by atoms with Gasteiger partial charge in [-0.3, -0.25) is 0 Å². The van der Waals surface area contributed by atoms with Gasteiger partial charge in [-0.05, 0) is 212 Å². The monoisotopic (exact) mass is 1340 g/mol. The van der Waals surface area contributed by atoms with E-state index < -0.39 is 0 Å². The van der Waals surface area contributed by atoms with Gasteiger partial charge in [0.2, 0.25) is 0 Å². The van der Waals surface area contributed by atoms with E-state index in [0.29, 0.717) is 0 Å². The Labute approximate surface area is 608 Å². The van der Waals surface area contributed by atoms with Gasteiger partial charge in [-0.15, -0.1) is 0 Å². The molecule has 506 valence electrons. The molecule has 2 aliphatic heterocycles. The zero-order valence-electron chi connectivity index (χ0n) is 62.2. The minimum atomic E-state index is -0.212. The van der Waals surface area contributed by atoms with Crippen LogP contribution in [0.15, 0.2) is 276 Å². The van der Waals surface area contributed by atoms with Gasteiger partial charge >= 0.3 is 0 Å². The Morgan fingerprint density at radius 3 is 1.03 bits per heavy atom. The molecule has 17 rings (SSSR count). The van der Waals surface area contributed by atoms with Gasteiger partial charge in [0.25, 0.3) is 6.71 Å². The van der Waals surface area contributed by atoms with Crippen LogP contribution in [0.5, 0.6) is 0 Å². The highest BCUT2D eigenvalue weighted by Gasteiger charge is 2.45. The number of hydrogen-bond acceptors (Lipinski definition) is 4. The quantitative estimate of drug-likeness (QED) is 0.142. The zero-order chi connectivity index (χ0) is 71.4. The molecule has 2 aliphatic rings. The fraction of sp³-hybridized carbons (Fsp3) is 0.204. The van der Waals surface area contributed by atoms with E-state index in [0.717, 1.165) is 123 Å². The van der Waals surface area contributed by atoms with Crippen LogP contribution in [0.4, 0.5) is 34.1 Å². The lowest BCUT2D eigenvalue weighted by molar-refractivity contribution is 0.568. The lowest BCUT2D eigenvalue weighted by Crippen LogP contribution is -2.61. The normalized spacial score (nSPS) is 13.3. The smallest absolute Gasteiger partial charge is 0.252 e. The summed E-state index contributed by atoms with van der Waals surface area (Å²) < 4.78 is 13.1. The second kappa shape index (κ2) is 23.9. The highest BCUT2D eigenvalue weighted by atomic mass is 16.3. The molecule has 0 atom stereocenters. The highest BCUT2D eigenvalue weighted by Crippen LogP contribution is 2.54. The predicted octanol–water partition coefficient (Wildman–Crippen LogP) is 26.1. The molecule has 0 saturated carbocycles. The summed E-state index contributed by atoms with van der Waals surface area (Å²) in [5, 5.41) is 4.39. The molecule has 0 aliphatic carbocycles. The molecule has 15 aromatic rings. The van der Waals surface area contributed by atoms with E-state index in [1.54, 1.807) is 0 Å². The number of rotatable bonds is 8. The summed E-state index contributed by atoms with van der Waals surface area (Å²) in [6.45, 7) is 34.9.